The number of likely N-dealkylation sites (tertiary alicyclic amines) is 1. The molecule has 2 rings (SSSR count). The van der Waals surface area contributed by atoms with E-state index in [1.165, 1.54) is 6.42 Å². The zero-order chi connectivity index (χ0) is 12.4. The van der Waals surface area contributed by atoms with Crippen LogP contribution >= 0.6 is 11.6 Å². The number of nitrogens with zero attached hydrogens (tertiary/aromatic N) is 3. The van der Waals surface area contributed by atoms with E-state index in [2.05, 4.69) is 22.2 Å². The Labute approximate surface area is 108 Å². The quantitative estimate of drug-likeness (QED) is 0.885. The normalized spacial score (nSPS) is 21.3. The third kappa shape index (κ3) is 2.64. The molecule has 0 aliphatic carbocycles. The average molecular weight is 257 g/mol. The minimum absolute atomic E-state index is 0.618. The van der Waals surface area contributed by atoms with Crippen molar-refractivity contribution in [3.05, 3.63) is 16.4 Å². The molecule has 1 unspecified atom stereocenters. The van der Waals surface area contributed by atoms with Gasteiger partial charge in [0.05, 0.1) is 16.4 Å². The molecule has 1 N–H and O–H groups in total. The first-order valence-electron chi connectivity index (χ1n) is 6.25. The minimum Gasteiger partial charge on any atom is -0.316 e. The molecule has 1 aliphatic heterocycles. The fraction of sp³-hybridized carbons (Fsp3) is 0.750. The van der Waals surface area contributed by atoms with Crippen molar-refractivity contribution in [2.24, 2.45) is 7.05 Å². The van der Waals surface area contributed by atoms with Gasteiger partial charge < -0.3 is 5.32 Å². The zero-order valence-electron chi connectivity index (χ0n) is 10.8. The van der Waals surface area contributed by atoms with Crippen molar-refractivity contribution >= 4 is 11.6 Å². The largest absolute Gasteiger partial charge is 0.316 e. The highest BCUT2D eigenvalue weighted by Gasteiger charge is 2.23. The molecular weight excluding hydrogens is 236 g/mol. The highest BCUT2D eigenvalue weighted by atomic mass is 35.5. The number of hydrogen-bond donors (Lipinski definition) is 1. The molecule has 0 spiro atoms. The number of nitrogens with one attached hydrogen (secondary N) is 1. The third-order valence-corrected chi connectivity index (χ3v) is 3.99. The Morgan fingerprint density at radius 2 is 2.29 bits per heavy atom. The summed E-state index contributed by atoms with van der Waals surface area (Å²) in [5.74, 6) is 0. The van der Waals surface area contributed by atoms with Crippen LogP contribution in [0, 0.1) is 0 Å². The lowest BCUT2D eigenvalue weighted by Gasteiger charge is -2.16. The molecule has 96 valence electrons. The summed E-state index contributed by atoms with van der Waals surface area (Å²) in [4.78, 5) is 2.43. The second-order valence-electron chi connectivity index (χ2n) is 4.69. The van der Waals surface area contributed by atoms with Crippen LogP contribution in [0.15, 0.2) is 0 Å². The summed E-state index contributed by atoms with van der Waals surface area (Å²) in [7, 11) is 4.01. The van der Waals surface area contributed by atoms with Gasteiger partial charge in [0.25, 0.3) is 0 Å². The topological polar surface area (TPSA) is 33.1 Å². The van der Waals surface area contributed by atoms with E-state index in [1.54, 1.807) is 0 Å². The van der Waals surface area contributed by atoms with Crippen LogP contribution in [-0.2, 0) is 20.0 Å². The Kier molecular flexibility index (Phi) is 4.07. The maximum Gasteiger partial charge on any atom is 0.0863 e. The van der Waals surface area contributed by atoms with Crippen LogP contribution in [0.3, 0.4) is 0 Å². The van der Waals surface area contributed by atoms with Gasteiger partial charge in [0.1, 0.15) is 0 Å². The monoisotopic (exact) mass is 256 g/mol. The summed E-state index contributed by atoms with van der Waals surface area (Å²) >= 11 is 6.35. The summed E-state index contributed by atoms with van der Waals surface area (Å²) in [6.07, 6.45) is 2.11. The molecule has 0 aromatic carbocycles. The number of hydrogen-bond acceptors (Lipinski definition) is 3. The van der Waals surface area contributed by atoms with E-state index in [4.69, 9.17) is 11.6 Å². The van der Waals surface area contributed by atoms with Gasteiger partial charge in [-0.2, -0.15) is 5.10 Å². The number of halogens is 1. The molecule has 0 amide bonds. The molecule has 0 bridgehead atoms. The SMILES string of the molecule is CCc1nn(C)c(CN2CCC(NC)C2)c1Cl. The van der Waals surface area contributed by atoms with Crippen molar-refractivity contribution in [2.45, 2.75) is 32.4 Å². The number of aryl methyl sites for hydroxylation is 2. The molecule has 1 aromatic rings. The molecule has 1 aliphatic rings. The van der Waals surface area contributed by atoms with Crippen LogP contribution in [0.25, 0.3) is 0 Å². The van der Waals surface area contributed by atoms with E-state index in [0.717, 1.165) is 42.5 Å². The molecule has 5 heteroatoms. The van der Waals surface area contributed by atoms with E-state index in [-0.39, 0.29) is 0 Å². The first kappa shape index (κ1) is 12.9. The highest BCUT2D eigenvalue weighted by Crippen LogP contribution is 2.23. The second kappa shape index (κ2) is 5.38. The van der Waals surface area contributed by atoms with Crippen molar-refractivity contribution in [1.29, 1.82) is 0 Å². The lowest BCUT2D eigenvalue weighted by molar-refractivity contribution is 0.313. The summed E-state index contributed by atoms with van der Waals surface area (Å²) in [5.41, 5.74) is 2.15. The lowest BCUT2D eigenvalue weighted by Crippen LogP contribution is -2.29. The van der Waals surface area contributed by atoms with Crippen LogP contribution in [-0.4, -0.2) is 40.9 Å². The molecule has 1 saturated heterocycles. The zero-order valence-corrected chi connectivity index (χ0v) is 11.6. The van der Waals surface area contributed by atoms with Crippen molar-refractivity contribution in [2.75, 3.05) is 20.1 Å². The maximum absolute atomic E-state index is 6.35. The number of aromatic nitrogens is 2. The number of rotatable bonds is 4. The van der Waals surface area contributed by atoms with E-state index < -0.39 is 0 Å². The second-order valence-corrected chi connectivity index (χ2v) is 5.07. The van der Waals surface area contributed by atoms with Crippen LogP contribution in [0.5, 0.6) is 0 Å². The Balaban J connectivity index is 2.06. The molecular formula is C12H21ClN4. The predicted molar refractivity (Wildman–Crippen MR) is 70.3 cm³/mol. The fourth-order valence-electron chi connectivity index (χ4n) is 2.42. The molecule has 17 heavy (non-hydrogen) atoms. The first-order chi connectivity index (χ1) is 8.15. The molecule has 0 saturated carbocycles. The van der Waals surface area contributed by atoms with Crippen molar-refractivity contribution in [1.82, 2.24) is 20.0 Å². The van der Waals surface area contributed by atoms with Gasteiger partial charge in [-0.3, -0.25) is 9.58 Å². The molecule has 1 fully saturated rings. The van der Waals surface area contributed by atoms with Crippen LogP contribution in [0.1, 0.15) is 24.7 Å². The first-order valence-corrected chi connectivity index (χ1v) is 6.63. The summed E-state index contributed by atoms with van der Waals surface area (Å²) < 4.78 is 1.92. The van der Waals surface area contributed by atoms with Gasteiger partial charge >= 0.3 is 0 Å². The smallest absolute Gasteiger partial charge is 0.0863 e. The summed E-state index contributed by atoms with van der Waals surface area (Å²) in [5, 5.41) is 8.63. The minimum atomic E-state index is 0.618. The van der Waals surface area contributed by atoms with Crippen molar-refractivity contribution < 1.29 is 0 Å². The highest BCUT2D eigenvalue weighted by molar-refractivity contribution is 6.31. The third-order valence-electron chi connectivity index (χ3n) is 3.56. The Morgan fingerprint density at radius 3 is 2.82 bits per heavy atom. The van der Waals surface area contributed by atoms with Crippen LogP contribution < -0.4 is 5.32 Å². The van der Waals surface area contributed by atoms with Crippen molar-refractivity contribution in [3.8, 4) is 0 Å². The summed E-state index contributed by atoms with van der Waals surface area (Å²) in [6, 6.07) is 0.618. The molecule has 2 heterocycles. The standard InChI is InChI=1S/C12H21ClN4/c1-4-10-12(13)11(16(3)15-10)8-17-6-5-9(7-17)14-2/h9,14H,4-8H2,1-3H3. The molecule has 1 aromatic heterocycles. The molecule has 0 radical (unpaired) electrons. The van der Waals surface area contributed by atoms with Gasteiger partial charge in [-0.25, -0.2) is 0 Å². The van der Waals surface area contributed by atoms with Crippen molar-refractivity contribution in [3.63, 3.8) is 0 Å². The molecule has 4 nitrogen and oxygen atoms in total. The Hall–Kier alpha value is -0.580. The molecule has 1 atom stereocenters. The van der Waals surface area contributed by atoms with Gasteiger partial charge in [-0.05, 0) is 19.9 Å². The lowest BCUT2D eigenvalue weighted by atomic mass is 10.3. The average Bonchev–Trinajstić information content (AvgIpc) is 2.88. The van der Waals surface area contributed by atoms with E-state index in [0.29, 0.717) is 6.04 Å². The fourth-order valence-corrected chi connectivity index (χ4v) is 2.77. The van der Waals surface area contributed by atoms with E-state index in [1.807, 2.05) is 18.8 Å². The maximum atomic E-state index is 6.35. The van der Waals surface area contributed by atoms with Crippen LogP contribution in [0.2, 0.25) is 5.02 Å². The Morgan fingerprint density at radius 1 is 1.53 bits per heavy atom. The summed E-state index contributed by atoms with van der Waals surface area (Å²) in [6.45, 7) is 5.22. The van der Waals surface area contributed by atoms with Gasteiger partial charge in [0, 0.05) is 32.7 Å². The van der Waals surface area contributed by atoms with Gasteiger partial charge in [0.15, 0.2) is 0 Å². The van der Waals surface area contributed by atoms with E-state index in [9.17, 15) is 0 Å². The van der Waals surface area contributed by atoms with E-state index >= 15 is 0 Å². The van der Waals surface area contributed by atoms with Crippen LogP contribution in [0.4, 0.5) is 0 Å². The predicted octanol–water partition coefficient (Wildman–Crippen LogP) is 1.43. The van der Waals surface area contributed by atoms with Gasteiger partial charge in [0.2, 0.25) is 0 Å². The Bertz CT molecular complexity index is 388. The number of likely N-dealkylation sites (N-methyl/N-ethyl adjacent to an activating group) is 1. The van der Waals surface area contributed by atoms with Gasteiger partial charge in [-0.15, -0.1) is 0 Å². The van der Waals surface area contributed by atoms with Gasteiger partial charge in [-0.1, -0.05) is 18.5 Å².